The Hall–Kier alpha value is -1.26. The molecule has 1 aliphatic rings. The van der Waals surface area contributed by atoms with Crippen LogP contribution in [0, 0.1) is 0 Å². The molecule has 1 aliphatic heterocycles. The fraction of sp³-hybridized carbons (Fsp3) is 0.417. The largest absolute Gasteiger partial charge is 0.367 e. The molecule has 0 atom stereocenters. The molecule has 0 saturated carbocycles. The van der Waals surface area contributed by atoms with Gasteiger partial charge in [0.25, 0.3) is 0 Å². The minimum atomic E-state index is 0.632. The average molecular weight is 254 g/mol. The summed E-state index contributed by atoms with van der Waals surface area (Å²) in [6.45, 7) is 3.99. The van der Waals surface area contributed by atoms with E-state index in [4.69, 9.17) is 11.6 Å². The minimum absolute atomic E-state index is 0.632. The Morgan fingerprint density at radius 2 is 2.00 bits per heavy atom. The summed E-state index contributed by atoms with van der Waals surface area (Å²) >= 11 is 5.93. The van der Waals surface area contributed by atoms with E-state index in [1.54, 1.807) is 6.07 Å². The molecule has 0 unspecified atom stereocenters. The van der Waals surface area contributed by atoms with E-state index in [9.17, 15) is 4.79 Å². The Labute approximate surface area is 106 Å². The molecule has 1 aromatic carbocycles. The van der Waals surface area contributed by atoms with Crippen LogP contribution in [-0.2, 0) is 4.79 Å². The maximum Gasteiger partial charge on any atom is 0.211 e. The van der Waals surface area contributed by atoms with Crippen LogP contribution in [0.3, 0.4) is 0 Å². The topological polar surface area (TPSA) is 35.6 Å². The predicted molar refractivity (Wildman–Crippen MR) is 70.8 cm³/mol. The van der Waals surface area contributed by atoms with Gasteiger partial charge in [0.1, 0.15) is 0 Å². The molecule has 0 aliphatic carbocycles. The van der Waals surface area contributed by atoms with Crippen molar-refractivity contribution in [1.29, 1.82) is 0 Å². The minimum Gasteiger partial charge on any atom is -0.367 e. The predicted octanol–water partition coefficient (Wildman–Crippen LogP) is 1.66. The molecule has 0 aromatic heterocycles. The highest BCUT2D eigenvalue weighted by atomic mass is 35.5. The van der Waals surface area contributed by atoms with Gasteiger partial charge in [0.15, 0.2) is 0 Å². The lowest BCUT2D eigenvalue weighted by molar-refractivity contribution is -0.105. The van der Waals surface area contributed by atoms with E-state index in [0.29, 0.717) is 11.4 Å². The molecule has 1 saturated heterocycles. The summed E-state index contributed by atoms with van der Waals surface area (Å²) in [6.07, 6.45) is 0.686. The summed E-state index contributed by atoms with van der Waals surface area (Å²) in [5.41, 5.74) is 1.81. The molecule has 1 fully saturated rings. The van der Waals surface area contributed by atoms with E-state index in [2.05, 4.69) is 22.2 Å². The normalized spacial score (nSPS) is 16.9. The SMILES string of the molecule is CN1CCN(c2ccc(Cl)cc2NC=O)CC1. The summed E-state index contributed by atoms with van der Waals surface area (Å²) in [4.78, 5) is 15.1. The van der Waals surface area contributed by atoms with Gasteiger partial charge in [0.2, 0.25) is 6.41 Å². The Kier molecular flexibility index (Phi) is 3.86. The summed E-state index contributed by atoms with van der Waals surface area (Å²) in [6, 6.07) is 5.59. The lowest BCUT2D eigenvalue weighted by Crippen LogP contribution is -2.44. The van der Waals surface area contributed by atoms with Gasteiger partial charge in [-0.1, -0.05) is 11.6 Å². The first-order valence-corrected chi connectivity index (χ1v) is 6.02. The quantitative estimate of drug-likeness (QED) is 0.833. The van der Waals surface area contributed by atoms with Crippen LogP contribution in [0.5, 0.6) is 0 Å². The van der Waals surface area contributed by atoms with E-state index in [1.807, 2.05) is 12.1 Å². The molecule has 4 nitrogen and oxygen atoms in total. The number of nitrogens with one attached hydrogen (secondary N) is 1. The van der Waals surface area contributed by atoms with Crippen LogP contribution < -0.4 is 10.2 Å². The fourth-order valence-electron chi connectivity index (χ4n) is 2.01. The highest BCUT2D eigenvalue weighted by Gasteiger charge is 2.16. The summed E-state index contributed by atoms with van der Waals surface area (Å²) in [5.74, 6) is 0. The first kappa shape index (κ1) is 12.2. The number of nitrogens with zero attached hydrogens (tertiary/aromatic N) is 2. The molecule has 2 rings (SSSR count). The van der Waals surface area contributed by atoms with Crippen LogP contribution in [0.25, 0.3) is 0 Å². The summed E-state index contributed by atoms with van der Waals surface area (Å²) < 4.78 is 0. The summed E-state index contributed by atoms with van der Waals surface area (Å²) in [5, 5.41) is 3.34. The molecule has 5 heteroatoms. The van der Waals surface area contributed by atoms with Crippen molar-refractivity contribution in [1.82, 2.24) is 4.90 Å². The van der Waals surface area contributed by atoms with E-state index < -0.39 is 0 Å². The van der Waals surface area contributed by atoms with Gasteiger partial charge in [0, 0.05) is 31.2 Å². The number of rotatable bonds is 3. The van der Waals surface area contributed by atoms with Crippen molar-refractivity contribution in [2.45, 2.75) is 0 Å². The maximum atomic E-state index is 10.6. The molecular formula is C12H16ClN3O. The number of carbonyl (C=O) groups is 1. The van der Waals surface area contributed by atoms with Crippen molar-refractivity contribution in [3.8, 4) is 0 Å². The molecular weight excluding hydrogens is 238 g/mol. The number of benzene rings is 1. The lowest BCUT2D eigenvalue weighted by Gasteiger charge is -2.35. The maximum absolute atomic E-state index is 10.6. The van der Waals surface area contributed by atoms with Crippen molar-refractivity contribution < 1.29 is 4.79 Å². The molecule has 1 amide bonds. The molecule has 92 valence electrons. The Morgan fingerprint density at radius 1 is 1.29 bits per heavy atom. The third-order valence-electron chi connectivity index (χ3n) is 3.02. The van der Waals surface area contributed by atoms with Gasteiger partial charge in [-0.3, -0.25) is 4.79 Å². The standard InChI is InChI=1S/C12H16ClN3O/c1-15-4-6-16(7-5-15)12-3-2-10(13)8-11(12)14-9-17/h2-3,8-9H,4-7H2,1H3,(H,14,17). The van der Waals surface area contributed by atoms with Crippen LogP contribution in [0.15, 0.2) is 18.2 Å². The smallest absolute Gasteiger partial charge is 0.211 e. The highest BCUT2D eigenvalue weighted by molar-refractivity contribution is 6.31. The van der Waals surface area contributed by atoms with Crippen LogP contribution >= 0.6 is 11.6 Å². The zero-order chi connectivity index (χ0) is 12.3. The molecule has 1 heterocycles. The zero-order valence-corrected chi connectivity index (χ0v) is 10.6. The van der Waals surface area contributed by atoms with Gasteiger partial charge >= 0.3 is 0 Å². The second-order valence-electron chi connectivity index (χ2n) is 4.21. The lowest BCUT2D eigenvalue weighted by atomic mass is 10.2. The second-order valence-corrected chi connectivity index (χ2v) is 4.65. The molecule has 0 spiro atoms. The second kappa shape index (κ2) is 5.38. The number of halogens is 1. The van der Waals surface area contributed by atoms with E-state index in [0.717, 1.165) is 37.6 Å². The van der Waals surface area contributed by atoms with Crippen LogP contribution in [0.2, 0.25) is 5.02 Å². The molecule has 1 N–H and O–H groups in total. The van der Waals surface area contributed by atoms with Gasteiger partial charge in [-0.2, -0.15) is 0 Å². The van der Waals surface area contributed by atoms with E-state index >= 15 is 0 Å². The number of piperazine rings is 1. The number of amides is 1. The van der Waals surface area contributed by atoms with Crippen LogP contribution in [-0.4, -0.2) is 44.5 Å². The van der Waals surface area contributed by atoms with Crippen molar-refractivity contribution in [3.05, 3.63) is 23.2 Å². The molecule has 1 aromatic rings. The molecule has 0 bridgehead atoms. The summed E-state index contributed by atoms with van der Waals surface area (Å²) in [7, 11) is 2.11. The Bertz CT molecular complexity index is 403. The number of hydrogen-bond acceptors (Lipinski definition) is 3. The Balaban J connectivity index is 2.21. The number of anilines is 2. The molecule has 17 heavy (non-hydrogen) atoms. The van der Waals surface area contributed by atoms with Gasteiger partial charge in [-0.15, -0.1) is 0 Å². The van der Waals surface area contributed by atoms with Crippen LogP contribution in [0.4, 0.5) is 11.4 Å². The van der Waals surface area contributed by atoms with Gasteiger partial charge < -0.3 is 15.1 Å². The first-order chi connectivity index (χ1) is 8.20. The van der Waals surface area contributed by atoms with E-state index in [-0.39, 0.29) is 0 Å². The number of carbonyl (C=O) groups excluding carboxylic acids is 1. The third-order valence-corrected chi connectivity index (χ3v) is 3.25. The van der Waals surface area contributed by atoms with Gasteiger partial charge in [-0.05, 0) is 25.2 Å². The average Bonchev–Trinajstić information content (AvgIpc) is 2.31. The molecule has 0 radical (unpaired) electrons. The Morgan fingerprint density at radius 3 is 2.65 bits per heavy atom. The van der Waals surface area contributed by atoms with Crippen molar-refractivity contribution in [2.75, 3.05) is 43.4 Å². The highest BCUT2D eigenvalue weighted by Crippen LogP contribution is 2.29. The number of likely N-dealkylation sites (N-methyl/N-ethyl adjacent to an activating group) is 1. The number of hydrogen-bond donors (Lipinski definition) is 1. The van der Waals surface area contributed by atoms with Crippen molar-refractivity contribution >= 4 is 29.4 Å². The zero-order valence-electron chi connectivity index (χ0n) is 9.82. The van der Waals surface area contributed by atoms with Crippen LogP contribution in [0.1, 0.15) is 0 Å². The van der Waals surface area contributed by atoms with Crippen molar-refractivity contribution in [3.63, 3.8) is 0 Å². The third kappa shape index (κ3) is 2.90. The fourth-order valence-corrected chi connectivity index (χ4v) is 2.18. The van der Waals surface area contributed by atoms with Gasteiger partial charge in [0.05, 0.1) is 11.4 Å². The first-order valence-electron chi connectivity index (χ1n) is 5.64. The van der Waals surface area contributed by atoms with Gasteiger partial charge in [-0.25, -0.2) is 0 Å². The van der Waals surface area contributed by atoms with E-state index in [1.165, 1.54) is 0 Å². The monoisotopic (exact) mass is 253 g/mol. The van der Waals surface area contributed by atoms with Crippen molar-refractivity contribution in [2.24, 2.45) is 0 Å².